The lowest BCUT2D eigenvalue weighted by Gasteiger charge is -2.14. The summed E-state index contributed by atoms with van der Waals surface area (Å²) in [6.45, 7) is 0. The summed E-state index contributed by atoms with van der Waals surface area (Å²) in [4.78, 5) is 20.3. The van der Waals surface area contributed by atoms with Crippen molar-refractivity contribution in [2.45, 2.75) is 0 Å². The van der Waals surface area contributed by atoms with Crippen LogP contribution in [-0.2, 0) is 4.84 Å². The molecule has 0 saturated carbocycles. The summed E-state index contributed by atoms with van der Waals surface area (Å²) in [5, 5.41) is 4.70. The fourth-order valence-electron chi connectivity index (χ4n) is 1.29. The average Bonchev–Trinajstić information content (AvgIpc) is 2.75. The molecule has 2 rings (SSSR count). The number of carbonyl (C=O) groups is 1. The topological polar surface area (TPSA) is 59.7 Å². The molecule has 84 valence electrons. The van der Waals surface area contributed by atoms with Crippen LogP contribution in [0.25, 0.3) is 5.65 Å². The zero-order valence-electron chi connectivity index (χ0n) is 8.72. The molecule has 0 aromatic carbocycles. The Morgan fingerprint density at radius 1 is 1.56 bits per heavy atom. The number of hydroxylamine groups is 2. The molecule has 0 aliphatic rings. The molecule has 2 heterocycles. The fraction of sp³-hybridized carbons (Fsp3) is 0.222. The molecule has 0 spiro atoms. The van der Waals surface area contributed by atoms with E-state index < -0.39 is 11.7 Å². The Labute approximate surface area is 90.2 Å². The van der Waals surface area contributed by atoms with Gasteiger partial charge in [-0.1, -0.05) is 0 Å². The van der Waals surface area contributed by atoms with Crippen LogP contribution in [0.3, 0.4) is 0 Å². The molecule has 0 radical (unpaired) electrons. The molecule has 2 aromatic heterocycles. The predicted molar refractivity (Wildman–Crippen MR) is 52.0 cm³/mol. The third kappa shape index (κ3) is 1.50. The summed E-state index contributed by atoms with van der Waals surface area (Å²) in [5.74, 6) is -1.30. The van der Waals surface area contributed by atoms with Gasteiger partial charge in [0.25, 0.3) is 5.91 Å². The molecule has 6 nitrogen and oxygen atoms in total. The quantitative estimate of drug-likeness (QED) is 0.697. The third-order valence-corrected chi connectivity index (χ3v) is 2.15. The minimum absolute atomic E-state index is 0.209. The fourth-order valence-corrected chi connectivity index (χ4v) is 1.29. The van der Waals surface area contributed by atoms with Gasteiger partial charge in [-0.2, -0.15) is 5.10 Å². The molecule has 2 aromatic rings. The highest BCUT2D eigenvalue weighted by molar-refractivity contribution is 5.92. The lowest BCUT2D eigenvalue weighted by molar-refractivity contribution is -0.0764. The maximum absolute atomic E-state index is 13.6. The minimum atomic E-state index is -0.674. The van der Waals surface area contributed by atoms with Crippen molar-refractivity contribution in [2.75, 3.05) is 14.2 Å². The van der Waals surface area contributed by atoms with Crippen LogP contribution >= 0.6 is 0 Å². The molecule has 7 heteroatoms. The highest BCUT2D eigenvalue weighted by Gasteiger charge is 2.20. The van der Waals surface area contributed by atoms with Crippen molar-refractivity contribution in [3.63, 3.8) is 0 Å². The smallest absolute Gasteiger partial charge is 0.274 e. The summed E-state index contributed by atoms with van der Waals surface area (Å²) in [6.07, 6.45) is 1.25. The van der Waals surface area contributed by atoms with Crippen molar-refractivity contribution in [3.05, 3.63) is 30.0 Å². The molecule has 0 bridgehead atoms. The van der Waals surface area contributed by atoms with E-state index in [0.29, 0.717) is 5.65 Å². The maximum atomic E-state index is 13.6. The monoisotopic (exact) mass is 224 g/mol. The van der Waals surface area contributed by atoms with Gasteiger partial charge in [0, 0.05) is 7.05 Å². The number of hydrogen-bond donors (Lipinski definition) is 0. The summed E-state index contributed by atoms with van der Waals surface area (Å²) in [5.41, 5.74) is 0.189. The van der Waals surface area contributed by atoms with Crippen LogP contribution in [0, 0.1) is 5.82 Å². The van der Waals surface area contributed by atoms with Crippen molar-refractivity contribution in [3.8, 4) is 0 Å². The summed E-state index contributed by atoms with van der Waals surface area (Å²) >= 11 is 0. The number of carbonyl (C=O) groups excluding carboxylic acids is 1. The van der Waals surface area contributed by atoms with Gasteiger partial charge >= 0.3 is 0 Å². The lowest BCUT2D eigenvalue weighted by Crippen LogP contribution is -2.28. The largest absolute Gasteiger partial charge is 0.298 e. The Hall–Kier alpha value is -2.02. The Morgan fingerprint density at radius 3 is 3.00 bits per heavy atom. The van der Waals surface area contributed by atoms with Gasteiger partial charge in [-0.15, -0.1) is 0 Å². The van der Waals surface area contributed by atoms with E-state index in [9.17, 15) is 9.18 Å². The Kier molecular flexibility index (Phi) is 2.53. The van der Waals surface area contributed by atoms with Gasteiger partial charge in [0.1, 0.15) is 6.33 Å². The van der Waals surface area contributed by atoms with E-state index in [1.54, 1.807) is 0 Å². The average molecular weight is 224 g/mol. The van der Waals surface area contributed by atoms with Crippen molar-refractivity contribution < 1.29 is 14.0 Å². The SMILES string of the molecule is CON(C)C(=O)c1c(F)ccc2ncnn12. The normalized spacial score (nSPS) is 10.7. The first-order valence-corrected chi connectivity index (χ1v) is 4.45. The van der Waals surface area contributed by atoms with Crippen LogP contribution in [0.2, 0.25) is 0 Å². The zero-order valence-corrected chi connectivity index (χ0v) is 8.72. The number of aromatic nitrogens is 3. The van der Waals surface area contributed by atoms with Crippen LogP contribution < -0.4 is 0 Å². The second-order valence-corrected chi connectivity index (χ2v) is 3.05. The van der Waals surface area contributed by atoms with E-state index in [1.165, 1.54) is 32.6 Å². The summed E-state index contributed by atoms with van der Waals surface area (Å²) in [7, 11) is 2.70. The molecule has 0 saturated heterocycles. The molecule has 16 heavy (non-hydrogen) atoms. The standard InChI is InChI=1S/C9H9FN4O2/c1-13(16-2)9(15)8-6(10)3-4-7-11-5-12-14(7)8/h3-5H,1-2H3. The number of pyridine rings is 1. The van der Waals surface area contributed by atoms with Crippen LogP contribution in [0.4, 0.5) is 4.39 Å². The predicted octanol–water partition coefficient (Wildman–Crippen LogP) is 0.502. The van der Waals surface area contributed by atoms with Crippen LogP contribution in [-0.4, -0.2) is 39.7 Å². The van der Waals surface area contributed by atoms with Gasteiger partial charge in [-0.05, 0) is 12.1 Å². The van der Waals surface area contributed by atoms with Gasteiger partial charge in [-0.25, -0.2) is 19.0 Å². The van der Waals surface area contributed by atoms with Crippen molar-refractivity contribution >= 4 is 11.6 Å². The highest BCUT2D eigenvalue weighted by Crippen LogP contribution is 2.11. The number of hydrogen-bond acceptors (Lipinski definition) is 4. The van der Waals surface area contributed by atoms with Crippen LogP contribution in [0.5, 0.6) is 0 Å². The number of halogens is 1. The molecule has 0 atom stereocenters. The Bertz CT molecular complexity index is 539. The minimum Gasteiger partial charge on any atom is -0.274 e. The lowest BCUT2D eigenvalue weighted by atomic mass is 10.3. The van der Waals surface area contributed by atoms with Crippen molar-refractivity contribution in [1.29, 1.82) is 0 Å². The van der Waals surface area contributed by atoms with E-state index in [4.69, 9.17) is 4.84 Å². The van der Waals surface area contributed by atoms with Gasteiger partial charge in [0.05, 0.1) is 7.11 Å². The van der Waals surface area contributed by atoms with E-state index in [0.717, 1.165) is 9.58 Å². The van der Waals surface area contributed by atoms with E-state index in [2.05, 4.69) is 10.1 Å². The van der Waals surface area contributed by atoms with Gasteiger partial charge in [0.15, 0.2) is 17.2 Å². The Morgan fingerprint density at radius 2 is 2.31 bits per heavy atom. The highest BCUT2D eigenvalue weighted by atomic mass is 19.1. The van der Waals surface area contributed by atoms with Gasteiger partial charge in [-0.3, -0.25) is 9.63 Å². The van der Waals surface area contributed by atoms with E-state index >= 15 is 0 Å². The molecule has 0 fully saturated rings. The van der Waals surface area contributed by atoms with Crippen LogP contribution in [0.1, 0.15) is 10.5 Å². The second-order valence-electron chi connectivity index (χ2n) is 3.05. The molecular weight excluding hydrogens is 215 g/mol. The molecule has 0 N–H and O–H groups in total. The Balaban J connectivity index is 2.61. The molecule has 0 aliphatic carbocycles. The zero-order chi connectivity index (χ0) is 11.7. The first kappa shape index (κ1) is 10.5. The molecule has 0 aliphatic heterocycles. The van der Waals surface area contributed by atoms with E-state index in [1.807, 2.05) is 0 Å². The number of rotatable bonds is 2. The molecule has 1 amide bonds. The van der Waals surface area contributed by atoms with Crippen molar-refractivity contribution in [2.24, 2.45) is 0 Å². The second kappa shape index (κ2) is 3.86. The van der Waals surface area contributed by atoms with Gasteiger partial charge in [0.2, 0.25) is 0 Å². The first-order chi connectivity index (χ1) is 7.65. The molecular formula is C9H9FN4O2. The molecule has 0 unspecified atom stereocenters. The van der Waals surface area contributed by atoms with Crippen molar-refractivity contribution in [1.82, 2.24) is 19.7 Å². The first-order valence-electron chi connectivity index (χ1n) is 4.45. The summed E-state index contributed by atoms with van der Waals surface area (Å²) in [6, 6.07) is 2.60. The number of nitrogens with zero attached hydrogens (tertiary/aromatic N) is 4. The number of amides is 1. The third-order valence-electron chi connectivity index (χ3n) is 2.15. The van der Waals surface area contributed by atoms with Crippen LogP contribution in [0.15, 0.2) is 18.5 Å². The van der Waals surface area contributed by atoms with E-state index in [-0.39, 0.29) is 5.69 Å². The number of fused-ring (bicyclic) bond motifs is 1. The maximum Gasteiger partial charge on any atom is 0.298 e. The van der Waals surface area contributed by atoms with Gasteiger partial charge < -0.3 is 0 Å². The summed E-state index contributed by atoms with van der Waals surface area (Å²) < 4.78 is 14.7.